The van der Waals surface area contributed by atoms with E-state index < -0.39 is 17.8 Å². The number of benzene rings is 2. The first-order valence-corrected chi connectivity index (χ1v) is 6.71. The second-order valence-corrected chi connectivity index (χ2v) is 5.38. The van der Waals surface area contributed by atoms with E-state index in [9.17, 15) is 13.2 Å². The van der Waals surface area contributed by atoms with E-state index in [0.717, 1.165) is 28.3 Å². The lowest BCUT2D eigenvalue weighted by Crippen LogP contribution is -2.20. The molecule has 0 heterocycles. The molecule has 0 saturated carbocycles. The van der Waals surface area contributed by atoms with Gasteiger partial charge in [-0.25, -0.2) is 0 Å². The molecule has 2 N–H and O–H groups in total. The van der Waals surface area contributed by atoms with Crippen LogP contribution in [0.15, 0.2) is 36.4 Å². The fourth-order valence-electron chi connectivity index (χ4n) is 2.86. The smallest absolute Gasteiger partial charge is 0.320 e. The van der Waals surface area contributed by atoms with Crippen LogP contribution in [0.5, 0.6) is 0 Å². The SMILES string of the molecule is Cc1cc(C)c(C(N)c2ccccc2C(F)(F)F)c(C)c1. The van der Waals surface area contributed by atoms with E-state index >= 15 is 0 Å². The highest BCUT2D eigenvalue weighted by atomic mass is 19.4. The third-order valence-corrected chi connectivity index (χ3v) is 3.65. The highest BCUT2D eigenvalue weighted by Crippen LogP contribution is 2.37. The van der Waals surface area contributed by atoms with E-state index in [4.69, 9.17) is 5.73 Å². The number of alkyl halides is 3. The monoisotopic (exact) mass is 293 g/mol. The van der Waals surface area contributed by atoms with Gasteiger partial charge in [0.25, 0.3) is 0 Å². The molecule has 0 aromatic heterocycles. The number of rotatable bonds is 2. The summed E-state index contributed by atoms with van der Waals surface area (Å²) in [5.74, 6) is 0. The van der Waals surface area contributed by atoms with Crippen LogP contribution in [0.2, 0.25) is 0 Å². The third kappa shape index (κ3) is 3.10. The molecule has 0 radical (unpaired) electrons. The maximum atomic E-state index is 13.1. The molecular formula is C17H18F3N. The molecular weight excluding hydrogens is 275 g/mol. The molecule has 2 aromatic carbocycles. The predicted molar refractivity (Wildman–Crippen MR) is 78.1 cm³/mol. The Morgan fingerprint density at radius 3 is 2.00 bits per heavy atom. The van der Waals surface area contributed by atoms with Crippen molar-refractivity contribution in [1.82, 2.24) is 0 Å². The van der Waals surface area contributed by atoms with Crippen molar-refractivity contribution in [2.75, 3.05) is 0 Å². The van der Waals surface area contributed by atoms with Gasteiger partial charge in [-0.1, -0.05) is 35.9 Å². The number of hydrogen-bond acceptors (Lipinski definition) is 1. The summed E-state index contributed by atoms with van der Waals surface area (Å²) in [4.78, 5) is 0. The first-order chi connectivity index (χ1) is 9.71. The van der Waals surface area contributed by atoms with Gasteiger partial charge in [0, 0.05) is 0 Å². The van der Waals surface area contributed by atoms with Crippen LogP contribution in [0.25, 0.3) is 0 Å². The van der Waals surface area contributed by atoms with Crippen LogP contribution in [0.3, 0.4) is 0 Å². The molecule has 2 aromatic rings. The zero-order valence-corrected chi connectivity index (χ0v) is 12.3. The number of nitrogens with two attached hydrogens (primary N) is 1. The van der Waals surface area contributed by atoms with Gasteiger partial charge < -0.3 is 5.73 Å². The van der Waals surface area contributed by atoms with Gasteiger partial charge in [0.05, 0.1) is 11.6 Å². The van der Waals surface area contributed by atoms with E-state index in [2.05, 4.69) is 0 Å². The average molecular weight is 293 g/mol. The Balaban J connectivity index is 2.59. The summed E-state index contributed by atoms with van der Waals surface area (Å²) >= 11 is 0. The van der Waals surface area contributed by atoms with Gasteiger partial charge >= 0.3 is 6.18 Å². The molecule has 0 amide bonds. The normalized spacial score (nSPS) is 13.3. The van der Waals surface area contributed by atoms with Crippen molar-refractivity contribution in [1.29, 1.82) is 0 Å². The van der Waals surface area contributed by atoms with Gasteiger partial charge in [0.2, 0.25) is 0 Å². The number of hydrogen-bond donors (Lipinski definition) is 1. The quantitative estimate of drug-likeness (QED) is 0.855. The maximum absolute atomic E-state index is 13.1. The zero-order valence-electron chi connectivity index (χ0n) is 12.3. The van der Waals surface area contributed by atoms with Crippen LogP contribution >= 0.6 is 0 Å². The number of aryl methyl sites for hydroxylation is 3. The molecule has 1 unspecified atom stereocenters. The molecule has 0 aliphatic rings. The lowest BCUT2D eigenvalue weighted by atomic mass is 9.88. The van der Waals surface area contributed by atoms with Gasteiger partial charge in [-0.3, -0.25) is 0 Å². The van der Waals surface area contributed by atoms with Crippen molar-refractivity contribution in [3.05, 3.63) is 69.8 Å². The second kappa shape index (κ2) is 5.53. The van der Waals surface area contributed by atoms with Crippen LogP contribution in [-0.2, 0) is 6.18 Å². The molecule has 2 rings (SSSR count). The maximum Gasteiger partial charge on any atom is 0.416 e. The van der Waals surface area contributed by atoms with Gasteiger partial charge in [-0.2, -0.15) is 13.2 Å². The molecule has 0 aliphatic carbocycles. The van der Waals surface area contributed by atoms with Gasteiger partial charge in [-0.15, -0.1) is 0 Å². The highest BCUT2D eigenvalue weighted by Gasteiger charge is 2.34. The van der Waals surface area contributed by atoms with Crippen molar-refractivity contribution >= 4 is 0 Å². The Morgan fingerprint density at radius 2 is 1.48 bits per heavy atom. The largest absolute Gasteiger partial charge is 0.416 e. The molecule has 0 bridgehead atoms. The van der Waals surface area contributed by atoms with Crippen molar-refractivity contribution in [2.24, 2.45) is 5.73 Å². The van der Waals surface area contributed by atoms with Crippen LogP contribution in [0, 0.1) is 20.8 Å². The molecule has 4 heteroatoms. The minimum Gasteiger partial charge on any atom is -0.320 e. The molecule has 0 fully saturated rings. The first kappa shape index (κ1) is 15.6. The summed E-state index contributed by atoms with van der Waals surface area (Å²) in [6.07, 6.45) is -4.40. The minimum absolute atomic E-state index is 0.111. The van der Waals surface area contributed by atoms with E-state index in [1.165, 1.54) is 12.1 Å². The topological polar surface area (TPSA) is 26.0 Å². The minimum atomic E-state index is -4.40. The van der Waals surface area contributed by atoms with Gasteiger partial charge in [-0.05, 0) is 49.1 Å². The Hall–Kier alpha value is -1.81. The van der Waals surface area contributed by atoms with Crippen molar-refractivity contribution < 1.29 is 13.2 Å². The van der Waals surface area contributed by atoms with Crippen molar-refractivity contribution in [2.45, 2.75) is 33.0 Å². The van der Waals surface area contributed by atoms with E-state index in [1.54, 1.807) is 6.07 Å². The van der Waals surface area contributed by atoms with Crippen LogP contribution < -0.4 is 5.73 Å². The summed E-state index contributed by atoms with van der Waals surface area (Å²) in [6, 6.07) is 8.59. The van der Waals surface area contributed by atoms with Gasteiger partial charge in [0.15, 0.2) is 0 Å². The highest BCUT2D eigenvalue weighted by molar-refractivity contribution is 5.46. The van der Waals surface area contributed by atoms with Gasteiger partial charge in [0.1, 0.15) is 0 Å². The molecule has 0 aliphatic heterocycles. The lowest BCUT2D eigenvalue weighted by molar-refractivity contribution is -0.138. The number of halogens is 3. The van der Waals surface area contributed by atoms with Crippen molar-refractivity contribution in [3.63, 3.8) is 0 Å². The third-order valence-electron chi connectivity index (χ3n) is 3.65. The summed E-state index contributed by atoms with van der Waals surface area (Å²) in [6.45, 7) is 5.72. The summed E-state index contributed by atoms with van der Waals surface area (Å²) in [5.41, 5.74) is 9.27. The molecule has 1 nitrogen and oxygen atoms in total. The average Bonchev–Trinajstić information content (AvgIpc) is 2.36. The fraction of sp³-hybridized carbons (Fsp3) is 0.294. The summed E-state index contributed by atoms with van der Waals surface area (Å²) in [5, 5.41) is 0. The Morgan fingerprint density at radius 1 is 0.952 bits per heavy atom. The van der Waals surface area contributed by atoms with Crippen molar-refractivity contribution in [3.8, 4) is 0 Å². The second-order valence-electron chi connectivity index (χ2n) is 5.38. The molecule has 112 valence electrons. The first-order valence-electron chi connectivity index (χ1n) is 6.71. The Labute approximate surface area is 122 Å². The van der Waals surface area contributed by atoms with E-state index in [0.29, 0.717) is 0 Å². The van der Waals surface area contributed by atoms with Crippen LogP contribution in [0.1, 0.15) is 39.4 Å². The summed E-state index contributed by atoms with van der Waals surface area (Å²) < 4.78 is 39.4. The zero-order chi connectivity index (χ0) is 15.8. The van der Waals surface area contributed by atoms with E-state index in [-0.39, 0.29) is 5.56 Å². The summed E-state index contributed by atoms with van der Waals surface area (Å²) in [7, 11) is 0. The van der Waals surface area contributed by atoms with E-state index in [1.807, 2.05) is 32.9 Å². The predicted octanol–water partition coefficient (Wildman–Crippen LogP) is 4.68. The fourth-order valence-corrected chi connectivity index (χ4v) is 2.86. The molecule has 21 heavy (non-hydrogen) atoms. The Kier molecular flexibility index (Phi) is 4.10. The standard InChI is InChI=1S/C17H18F3N/c1-10-8-11(2)15(12(3)9-10)16(21)13-6-4-5-7-14(13)17(18,19)20/h4-9,16H,21H2,1-3H3. The lowest BCUT2D eigenvalue weighted by Gasteiger charge is -2.22. The molecule has 0 saturated heterocycles. The Bertz CT molecular complexity index is 636. The molecule has 1 atom stereocenters. The van der Waals surface area contributed by atoms with Crippen LogP contribution in [-0.4, -0.2) is 0 Å². The molecule has 0 spiro atoms. The van der Waals surface area contributed by atoms with Crippen LogP contribution in [0.4, 0.5) is 13.2 Å².